The average molecular weight is 383 g/mol. The minimum atomic E-state index is -0.254. The maximum Gasteiger partial charge on any atom is 0.234 e. The molecule has 1 aliphatic rings. The van der Waals surface area contributed by atoms with Crippen molar-refractivity contribution in [1.29, 1.82) is 0 Å². The fourth-order valence-electron chi connectivity index (χ4n) is 3.43. The molecular weight excluding hydrogens is 354 g/mol. The van der Waals surface area contributed by atoms with Crippen molar-refractivity contribution in [2.75, 3.05) is 19.6 Å². The van der Waals surface area contributed by atoms with Crippen LogP contribution in [0.4, 0.5) is 0 Å². The van der Waals surface area contributed by atoms with E-state index in [1.165, 1.54) is 16.7 Å². The van der Waals surface area contributed by atoms with Gasteiger partial charge in [-0.05, 0) is 36.5 Å². The van der Waals surface area contributed by atoms with Crippen molar-refractivity contribution in [3.05, 3.63) is 52.8 Å². The molecule has 0 unspecified atom stereocenters. The van der Waals surface area contributed by atoms with Crippen molar-refractivity contribution in [3.8, 4) is 0 Å². The maximum atomic E-state index is 12.2. The number of nitrogens with zero attached hydrogens (tertiary/aromatic N) is 2. The number of rotatable bonds is 9. The van der Waals surface area contributed by atoms with Gasteiger partial charge in [-0.25, -0.2) is 0 Å². The lowest BCUT2D eigenvalue weighted by molar-refractivity contribution is -0.125. The Morgan fingerprint density at radius 2 is 1.93 bits per heavy atom. The summed E-state index contributed by atoms with van der Waals surface area (Å²) in [7, 11) is 0. The molecule has 0 aliphatic carbocycles. The van der Waals surface area contributed by atoms with E-state index in [2.05, 4.69) is 37.9 Å². The van der Waals surface area contributed by atoms with Crippen molar-refractivity contribution in [2.45, 2.75) is 39.8 Å². The Hall–Kier alpha value is -2.67. The Morgan fingerprint density at radius 3 is 2.57 bits per heavy atom. The van der Waals surface area contributed by atoms with Gasteiger partial charge >= 0.3 is 0 Å². The van der Waals surface area contributed by atoms with E-state index in [1.54, 1.807) is 0 Å². The van der Waals surface area contributed by atoms with Crippen LogP contribution < -0.4 is 10.6 Å². The summed E-state index contributed by atoms with van der Waals surface area (Å²) in [6.45, 7) is 6.76. The van der Waals surface area contributed by atoms with E-state index in [-0.39, 0.29) is 17.7 Å². The third-order valence-electron chi connectivity index (χ3n) is 5.18. The fraction of sp³-hybridized carbons (Fsp3) is 0.476. The van der Waals surface area contributed by atoms with Gasteiger partial charge in [0.15, 0.2) is 0 Å². The topological polar surface area (TPSA) is 90.1 Å². The molecule has 1 aromatic carbocycles. The second-order valence-corrected chi connectivity index (χ2v) is 7.53. The minimum Gasteiger partial charge on any atom is -0.356 e. The molecule has 2 aromatic rings. The van der Waals surface area contributed by atoms with E-state index in [9.17, 15) is 9.59 Å². The first kappa shape index (κ1) is 20.1. The van der Waals surface area contributed by atoms with E-state index >= 15 is 0 Å². The molecule has 1 aromatic heterocycles. The van der Waals surface area contributed by atoms with Crippen LogP contribution in [-0.4, -0.2) is 46.5 Å². The first-order chi connectivity index (χ1) is 13.5. The zero-order chi connectivity index (χ0) is 19.9. The molecule has 150 valence electrons. The summed E-state index contributed by atoms with van der Waals surface area (Å²) in [5.41, 5.74) is 4.82. The van der Waals surface area contributed by atoms with Gasteiger partial charge in [0.05, 0.1) is 18.7 Å². The third-order valence-corrected chi connectivity index (χ3v) is 5.18. The Kier molecular flexibility index (Phi) is 6.81. The monoisotopic (exact) mass is 383 g/mol. The van der Waals surface area contributed by atoms with E-state index in [0.29, 0.717) is 19.6 Å². The van der Waals surface area contributed by atoms with Crippen molar-refractivity contribution < 1.29 is 9.59 Å². The molecule has 1 aliphatic heterocycles. The summed E-state index contributed by atoms with van der Waals surface area (Å²) in [4.78, 5) is 26.5. The standard InChI is InChI=1S/C21H29N5O2/c1-15(21(28)22-9-5-8-17-11-24-25-16(17)2)10-23-20(27)14-26-12-18-6-3-4-7-19(18)13-26/h3-4,6-7,11,15H,5,8-10,12-14H2,1-2H3,(H,22,28)(H,23,27)(H,24,25)/t15-/m1/s1. The van der Waals surface area contributed by atoms with Gasteiger partial charge < -0.3 is 10.6 Å². The number of amides is 2. The van der Waals surface area contributed by atoms with E-state index < -0.39 is 0 Å². The zero-order valence-electron chi connectivity index (χ0n) is 16.6. The highest BCUT2D eigenvalue weighted by molar-refractivity contribution is 5.81. The number of aromatic nitrogens is 2. The highest BCUT2D eigenvalue weighted by atomic mass is 16.2. The van der Waals surface area contributed by atoms with Crippen molar-refractivity contribution in [3.63, 3.8) is 0 Å². The van der Waals surface area contributed by atoms with Gasteiger partial charge in [0, 0.05) is 31.9 Å². The molecule has 2 amide bonds. The van der Waals surface area contributed by atoms with Crippen LogP contribution in [0.25, 0.3) is 0 Å². The Bertz CT molecular complexity index is 792. The summed E-state index contributed by atoms with van der Waals surface area (Å²) in [6.07, 6.45) is 3.57. The second kappa shape index (κ2) is 9.50. The number of hydrogen-bond donors (Lipinski definition) is 3. The zero-order valence-corrected chi connectivity index (χ0v) is 16.6. The largest absolute Gasteiger partial charge is 0.356 e. The van der Waals surface area contributed by atoms with Gasteiger partial charge in [-0.1, -0.05) is 31.2 Å². The highest BCUT2D eigenvalue weighted by Gasteiger charge is 2.21. The average Bonchev–Trinajstić information content (AvgIpc) is 3.28. The molecule has 2 heterocycles. The second-order valence-electron chi connectivity index (χ2n) is 7.53. The highest BCUT2D eigenvalue weighted by Crippen LogP contribution is 2.21. The van der Waals surface area contributed by atoms with Crippen LogP contribution in [0, 0.1) is 12.8 Å². The number of hydrogen-bond acceptors (Lipinski definition) is 4. The van der Waals surface area contributed by atoms with Crippen LogP contribution in [0.5, 0.6) is 0 Å². The van der Waals surface area contributed by atoms with E-state index in [1.807, 2.05) is 32.2 Å². The molecule has 7 nitrogen and oxygen atoms in total. The maximum absolute atomic E-state index is 12.2. The summed E-state index contributed by atoms with van der Waals surface area (Å²) < 4.78 is 0. The molecule has 28 heavy (non-hydrogen) atoms. The summed E-state index contributed by atoms with van der Waals surface area (Å²) in [5.74, 6) is -0.323. The number of benzene rings is 1. The molecule has 0 fully saturated rings. The van der Waals surface area contributed by atoms with Crippen molar-refractivity contribution in [1.82, 2.24) is 25.7 Å². The normalized spacial score (nSPS) is 14.5. The van der Waals surface area contributed by atoms with Crippen molar-refractivity contribution >= 4 is 11.8 Å². The Balaban J connectivity index is 1.30. The van der Waals surface area contributed by atoms with Crippen molar-refractivity contribution in [2.24, 2.45) is 5.92 Å². The van der Waals surface area contributed by atoms with Crippen LogP contribution >= 0.6 is 0 Å². The quantitative estimate of drug-likeness (QED) is 0.573. The lowest BCUT2D eigenvalue weighted by Gasteiger charge is -2.16. The van der Waals surface area contributed by atoms with Crippen LogP contribution in [0.2, 0.25) is 0 Å². The molecule has 1 atom stereocenters. The SMILES string of the molecule is Cc1[nH]ncc1CCCNC(=O)[C@H](C)CNC(=O)CN1Cc2ccccc2C1. The number of carbonyl (C=O) groups is 2. The third kappa shape index (κ3) is 5.42. The van der Waals surface area contributed by atoms with E-state index in [0.717, 1.165) is 31.6 Å². The first-order valence-corrected chi connectivity index (χ1v) is 9.85. The fourth-order valence-corrected chi connectivity index (χ4v) is 3.43. The molecule has 0 spiro atoms. The number of fused-ring (bicyclic) bond motifs is 1. The van der Waals surface area contributed by atoms with E-state index in [4.69, 9.17) is 0 Å². The predicted molar refractivity (Wildman–Crippen MR) is 107 cm³/mol. The van der Waals surface area contributed by atoms with Gasteiger partial charge in [0.25, 0.3) is 0 Å². The number of aromatic amines is 1. The predicted octanol–water partition coefficient (Wildman–Crippen LogP) is 1.54. The Morgan fingerprint density at radius 1 is 1.21 bits per heavy atom. The minimum absolute atomic E-state index is 0.0298. The molecule has 0 saturated heterocycles. The number of H-pyrrole nitrogens is 1. The number of carbonyl (C=O) groups excluding carboxylic acids is 2. The van der Waals surface area contributed by atoms with Crippen LogP contribution in [0.1, 0.15) is 35.7 Å². The Labute approximate surface area is 165 Å². The van der Waals surface area contributed by atoms with Crippen LogP contribution in [0.3, 0.4) is 0 Å². The molecular formula is C21H29N5O2. The van der Waals surface area contributed by atoms with Gasteiger partial charge in [0.2, 0.25) is 11.8 Å². The molecule has 3 rings (SSSR count). The summed E-state index contributed by atoms with van der Waals surface area (Å²) in [6, 6.07) is 8.26. The smallest absolute Gasteiger partial charge is 0.234 e. The lowest BCUT2D eigenvalue weighted by atomic mass is 10.1. The number of nitrogens with one attached hydrogen (secondary N) is 3. The van der Waals surface area contributed by atoms with Gasteiger partial charge in [-0.3, -0.25) is 19.6 Å². The van der Waals surface area contributed by atoms with Gasteiger partial charge in [-0.15, -0.1) is 0 Å². The lowest BCUT2D eigenvalue weighted by Crippen LogP contribution is -2.41. The summed E-state index contributed by atoms with van der Waals surface area (Å²) in [5, 5.41) is 12.7. The molecule has 0 bridgehead atoms. The number of aryl methyl sites for hydroxylation is 2. The van der Waals surface area contributed by atoms with Gasteiger partial charge in [0.1, 0.15) is 0 Å². The molecule has 0 radical (unpaired) electrons. The van der Waals surface area contributed by atoms with Crippen LogP contribution in [0.15, 0.2) is 30.5 Å². The molecule has 7 heteroatoms. The van der Waals surface area contributed by atoms with Gasteiger partial charge in [-0.2, -0.15) is 5.10 Å². The van der Waals surface area contributed by atoms with Crippen LogP contribution in [-0.2, 0) is 29.1 Å². The summed E-state index contributed by atoms with van der Waals surface area (Å²) >= 11 is 0. The molecule has 0 saturated carbocycles. The molecule has 3 N–H and O–H groups in total. The first-order valence-electron chi connectivity index (χ1n) is 9.85.